The lowest BCUT2D eigenvalue weighted by Gasteiger charge is -2.26. The molecule has 5 N–H and O–H groups in total. The maximum atomic E-state index is 14.1. The van der Waals surface area contributed by atoms with Gasteiger partial charge in [0.25, 0.3) is 23.6 Å². The Morgan fingerprint density at radius 2 is 0.772 bits per heavy atom. The second kappa shape index (κ2) is 44.9. The number of amides is 8. The number of unbranched alkanes of at least 4 members (excludes halogenated alkanes) is 2. The highest BCUT2D eigenvalue weighted by molar-refractivity contribution is 6.16. The van der Waals surface area contributed by atoms with E-state index in [0.717, 1.165) is 81.8 Å². The third-order valence-electron chi connectivity index (χ3n) is 29.0. The van der Waals surface area contributed by atoms with Crippen LogP contribution < -0.4 is 69.3 Å². The number of rotatable bonds is 38. The normalized spacial score (nSPS) is 17.6. The molecule has 145 heavy (non-hydrogen) atoms. The molecular weight excluding hydrogens is 1840 g/mol. The Labute approximate surface area is 844 Å². The number of ketones is 4. The van der Waals surface area contributed by atoms with E-state index in [1.165, 1.54) is 11.1 Å². The highest BCUT2D eigenvalue weighted by Crippen LogP contribution is 2.47. The number of ether oxygens (including phenoxy) is 6. The average Bonchev–Trinajstić information content (AvgIpc) is 1.61. The first-order valence-corrected chi connectivity index (χ1v) is 50.6. The van der Waals surface area contributed by atoms with E-state index in [1.807, 2.05) is 176 Å². The number of aliphatic imine (C=N–C) groups is 1. The maximum absolute atomic E-state index is 14.1. The van der Waals surface area contributed by atoms with Gasteiger partial charge < -0.3 is 69.5 Å². The molecule has 0 aliphatic carbocycles. The second-order valence-electron chi connectivity index (χ2n) is 39.5. The van der Waals surface area contributed by atoms with Gasteiger partial charge in [0.15, 0.2) is 34.6 Å². The van der Waals surface area contributed by atoms with E-state index < -0.39 is 35.9 Å². The van der Waals surface area contributed by atoms with Crippen molar-refractivity contribution in [2.75, 3.05) is 44.5 Å². The number of para-hydroxylation sites is 4. The quantitative estimate of drug-likeness (QED) is 0.0224. The molecule has 0 bridgehead atoms. The number of anilines is 6. The lowest BCUT2D eigenvalue weighted by molar-refractivity contribution is -0.129. The predicted molar refractivity (Wildman–Crippen MR) is 554 cm³/mol. The van der Waals surface area contributed by atoms with Crippen LogP contribution in [0.3, 0.4) is 0 Å². The van der Waals surface area contributed by atoms with Gasteiger partial charge in [0.1, 0.15) is 49.5 Å². The van der Waals surface area contributed by atoms with E-state index in [-0.39, 0.29) is 147 Å². The van der Waals surface area contributed by atoms with E-state index in [0.29, 0.717) is 179 Å². The monoisotopic (exact) mass is 1960 g/mol. The van der Waals surface area contributed by atoms with E-state index in [4.69, 9.17) is 33.4 Å². The summed E-state index contributed by atoms with van der Waals surface area (Å²) in [6.07, 6.45) is 11.4. The zero-order valence-electron chi connectivity index (χ0n) is 83.8. The van der Waals surface area contributed by atoms with E-state index in [9.17, 15) is 62.6 Å². The fourth-order valence-corrected chi connectivity index (χ4v) is 21.0. The molecule has 18 rings (SSSR count). The molecule has 752 valence electrons. The van der Waals surface area contributed by atoms with Crippen LogP contribution in [0.15, 0.2) is 187 Å². The van der Waals surface area contributed by atoms with Crippen molar-refractivity contribution < 1.29 is 91.1 Å². The van der Waals surface area contributed by atoms with Crippen LogP contribution in [0.2, 0.25) is 0 Å². The van der Waals surface area contributed by atoms with Crippen LogP contribution in [-0.2, 0) is 110 Å². The SMILES string of the molecule is CCC(=O)CCCCC(=O)N[C@@H](C)C(=O)C[C@@H](C)C(=O)Nc1cc(COc2cc3c(cc2C)C(=O)N2c4ccccc4C[C@H]2C=N3)cc(COc2cc3c(cc2OC)C(=O)N2c4ccccc4C[C@H]2CC3)c1.CCC(=O)CCCCC(=O)N[C@@H](C)C(=O)C[C@H](C)C(=O)Nc1cc(COc2cc3c(cc2C)C(=O)N2c4ccccc4C[C@H]2C(O)C3)cc(COc2cc3c(cc2OC)C(=O)N2c4ccccc4C[C@H]2CC3)c1. The van der Waals surface area contributed by atoms with Crippen LogP contribution in [0.4, 0.5) is 39.8 Å². The number of methoxy groups -OCH3 is 2. The van der Waals surface area contributed by atoms with E-state index >= 15 is 0 Å². The smallest absolute Gasteiger partial charge is 0.261 e. The van der Waals surface area contributed by atoms with Crippen molar-refractivity contribution in [3.63, 3.8) is 0 Å². The third kappa shape index (κ3) is 22.8. The van der Waals surface area contributed by atoms with Gasteiger partial charge in [0.05, 0.1) is 55.7 Å². The Morgan fingerprint density at radius 1 is 0.400 bits per heavy atom. The Bertz CT molecular complexity index is 6780. The molecule has 8 heterocycles. The summed E-state index contributed by atoms with van der Waals surface area (Å²) in [4.78, 5) is 171. The zero-order valence-corrected chi connectivity index (χ0v) is 83.8. The van der Waals surface area contributed by atoms with Gasteiger partial charge in [-0.3, -0.25) is 67.4 Å². The van der Waals surface area contributed by atoms with Gasteiger partial charge in [-0.1, -0.05) is 100 Å². The average molecular weight is 1960 g/mol. The second-order valence-corrected chi connectivity index (χ2v) is 39.5. The van der Waals surface area contributed by atoms with Crippen molar-refractivity contribution in [3.8, 4) is 34.5 Å². The van der Waals surface area contributed by atoms with Gasteiger partial charge in [-0.05, 0) is 274 Å². The van der Waals surface area contributed by atoms with Crippen LogP contribution in [0.25, 0.3) is 0 Å². The molecule has 0 saturated carbocycles. The van der Waals surface area contributed by atoms with Crippen molar-refractivity contribution in [1.29, 1.82) is 0 Å². The molecule has 8 amide bonds. The number of fused-ring (bicyclic) bond motifs is 16. The van der Waals surface area contributed by atoms with Crippen LogP contribution >= 0.6 is 0 Å². The molecule has 1 unspecified atom stereocenters. The molecule has 0 spiro atoms. The number of hydrogen-bond acceptors (Lipinski definition) is 20. The van der Waals surface area contributed by atoms with Crippen molar-refractivity contribution >= 4 is 116 Å². The summed E-state index contributed by atoms with van der Waals surface area (Å²) >= 11 is 0. The lowest BCUT2D eigenvalue weighted by Crippen LogP contribution is -2.43. The maximum Gasteiger partial charge on any atom is 0.261 e. The standard InChI is InChI=1S/C59H64N4O10.C58H61N5O9/c1-6-45(64)15-9-12-18-56(67)60-36(4)51(65)22-35(3)57(68)61-43-24-37(32-72-53-30-42-28-52(66)50-27-41-14-8-11-17-49(41)63(50)59(70)46(42)21-34(53)2)23-38(25-43)33-73-55-29-39-19-20-44-26-40-13-7-10-16-48(40)62(44)58(69)47(39)31-54(55)71-5;1-6-45(64)15-9-12-18-55(66)60-36(4)51(65)22-35(3)56(67)61-42-24-37(32-71-52-30-48-47(21-34(52)2)58(69)63-44(31-59-48)27-41-14-8-11-17-50(41)63)23-38(25-42)33-72-54-28-39-19-20-43-26-40-13-7-10-16-49(40)62(43)57(68)46(39)29-53(54)70-5/h7-8,10-11,13-14,16-17,21,23-25,29-31,35-36,44,50,52,66H,6,9,12,15,18-20,22,26-28,32-33H2,1-5H3,(H,60,67)(H,61,68);7-8,10-11,13-14,16-17,21,23-25,28-31,35-36,43-44H,6,9,12,15,18-20,22,26-27,32-33H2,1-5H3,(H,60,66)(H,61,67)/t35-,36-,44+,50-,52?;35-,36+,43-,44+/m01/s1. The summed E-state index contributed by atoms with van der Waals surface area (Å²) in [7, 11) is 3.09. The predicted octanol–water partition coefficient (Wildman–Crippen LogP) is 18.3. The number of aryl methyl sites for hydroxylation is 4. The first kappa shape index (κ1) is 102. The van der Waals surface area contributed by atoms with Crippen LogP contribution in [0.1, 0.15) is 245 Å². The molecule has 0 fully saturated rings. The summed E-state index contributed by atoms with van der Waals surface area (Å²) < 4.78 is 37.6. The van der Waals surface area contributed by atoms with Gasteiger partial charge in [0, 0.05) is 151 Å². The molecule has 10 aromatic carbocycles. The number of hydrogen-bond donors (Lipinski definition) is 5. The zero-order chi connectivity index (χ0) is 102. The van der Waals surface area contributed by atoms with Gasteiger partial charge in [-0.15, -0.1) is 0 Å². The van der Waals surface area contributed by atoms with Crippen molar-refractivity contribution in [1.82, 2.24) is 10.6 Å². The molecule has 0 radical (unpaired) electrons. The van der Waals surface area contributed by atoms with Crippen molar-refractivity contribution in [3.05, 3.63) is 277 Å². The Balaban J connectivity index is 0.000000199. The lowest BCUT2D eigenvalue weighted by atomic mass is 9.96. The van der Waals surface area contributed by atoms with Crippen LogP contribution in [-0.4, -0.2) is 138 Å². The Kier molecular flexibility index (Phi) is 31.5. The van der Waals surface area contributed by atoms with Gasteiger partial charge >= 0.3 is 0 Å². The number of nitrogens with one attached hydrogen (secondary N) is 4. The molecule has 8 aliphatic heterocycles. The number of benzene rings is 10. The van der Waals surface area contributed by atoms with Gasteiger partial charge in [-0.2, -0.15) is 0 Å². The molecule has 28 heteroatoms. The first-order valence-electron chi connectivity index (χ1n) is 50.6. The number of aliphatic hydroxyl groups excluding tert-OH is 1. The molecule has 10 aromatic rings. The number of aliphatic hydroxyl groups is 1. The Morgan fingerprint density at radius 3 is 1.22 bits per heavy atom. The molecule has 9 atom stereocenters. The van der Waals surface area contributed by atoms with E-state index in [2.05, 4.69) is 33.4 Å². The number of nitrogens with zero attached hydrogens (tertiary/aromatic N) is 5. The largest absolute Gasteiger partial charge is 0.493 e. The number of carbonyl (C=O) groups is 12. The topological polar surface area (TPSA) is 354 Å². The minimum absolute atomic E-state index is 0.0562. The van der Waals surface area contributed by atoms with Gasteiger partial charge in [0.2, 0.25) is 23.6 Å². The third-order valence-corrected chi connectivity index (χ3v) is 29.0. The molecular formula is C117H125N9O19. The Hall–Kier alpha value is -14.9. The fourth-order valence-electron chi connectivity index (χ4n) is 21.0. The highest BCUT2D eigenvalue weighted by atomic mass is 16.5. The molecule has 28 nitrogen and oxygen atoms in total. The minimum atomic E-state index is -0.798. The van der Waals surface area contributed by atoms with Gasteiger partial charge in [-0.25, -0.2) is 0 Å². The van der Waals surface area contributed by atoms with Crippen LogP contribution in [0.5, 0.6) is 34.5 Å². The number of Topliss-reactive ketones (excluding diaryl/α,β-unsaturated/α-hetero) is 4. The minimum Gasteiger partial charge on any atom is -0.493 e. The van der Waals surface area contributed by atoms with Crippen molar-refractivity contribution in [2.24, 2.45) is 16.8 Å². The fraction of sp³-hybridized carbons (Fsp3) is 0.376. The van der Waals surface area contributed by atoms with Crippen molar-refractivity contribution in [2.45, 2.75) is 259 Å². The van der Waals surface area contributed by atoms with Crippen LogP contribution in [0, 0.1) is 25.7 Å². The van der Waals surface area contributed by atoms with E-state index in [1.54, 1.807) is 89.3 Å². The highest BCUT2D eigenvalue weighted by Gasteiger charge is 2.45. The summed E-state index contributed by atoms with van der Waals surface area (Å²) in [6, 6.07) is 55.4. The molecule has 0 aromatic heterocycles. The summed E-state index contributed by atoms with van der Waals surface area (Å²) in [6.45, 7) is 14.2. The molecule has 8 aliphatic rings. The summed E-state index contributed by atoms with van der Waals surface area (Å²) in [5.74, 6) is -0.641. The summed E-state index contributed by atoms with van der Waals surface area (Å²) in [5, 5.41) is 22.9. The first-order chi connectivity index (χ1) is 70.0. The molecule has 0 saturated heterocycles. The number of carbonyl (C=O) groups excluding carboxylic acids is 12. The summed E-state index contributed by atoms with van der Waals surface area (Å²) in [5.41, 5.74) is 18.4.